The largest absolute Gasteiger partial charge is 0.522 e. The van der Waals surface area contributed by atoms with Crippen molar-refractivity contribution in [2.75, 3.05) is 38.2 Å². The van der Waals surface area contributed by atoms with Crippen molar-refractivity contribution < 1.29 is 32.2 Å². The normalized spacial score (nSPS) is 21.0. The number of nitrogens with one attached hydrogen (secondary N) is 1. The third kappa shape index (κ3) is 4.98. The molecule has 1 aromatic rings. The lowest BCUT2D eigenvalue weighted by molar-refractivity contribution is -0.330. The van der Waals surface area contributed by atoms with E-state index in [1.54, 1.807) is 13.1 Å². The van der Waals surface area contributed by atoms with Gasteiger partial charge in [-0.05, 0) is 12.8 Å². The Balaban J connectivity index is 1.49. The Morgan fingerprint density at radius 3 is 2.78 bits per heavy atom. The van der Waals surface area contributed by atoms with E-state index in [-0.39, 0.29) is 19.0 Å². The standard InChI is InChI=1S/C16H21F3N4O4/c1-22-13(5-12(21-22)11-3-2-4-26-9-11)20-14(24)15(25)23-6-10(7-23)8-27-16(17,18)19/h5,10-11H,2-4,6-9H2,1H3,(H,20,24). The van der Waals surface area contributed by atoms with Crippen LogP contribution < -0.4 is 5.32 Å². The highest BCUT2D eigenvalue weighted by Gasteiger charge is 2.38. The maximum absolute atomic E-state index is 12.1. The summed E-state index contributed by atoms with van der Waals surface area (Å²) in [6.45, 7) is 0.880. The van der Waals surface area contributed by atoms with E-state index in [2.05, 4.69) is 15.2 Å². The molecule has 1 aromatic heterocycles. The number of nitrogens with zero attached hydrogens (tertiary/aromatic N) is 3. The predicted octanol–water partition coefficient (Wildman–Crippen LogP) is 1.25. The van der Waals surface area contributed by atoms with Gasteiger partial charge in [-0.25, -0.2) is 0 Å². The summed E-state index contributed by atoms with van der Waals surface area (Å²) in [7, 11) is 1.65. The van der Waals surface area contributed by atoms with Gasteiger partial charge in [0.15, 0.2) is 0 Å². The lowest BCUT2D eigenvalue weighted by Gasteiger charge is -2.38. The van der Waals surface area contributed by atoms with Crippen LogP contribution in [0.2, 0.25) is 0 Å². The zero-order valence-electron chi connectivity index (χ0n) is 14.8. The molecule has 2 aliphatic heterocycles. The molecule has 0 radical (unpaired) electrons. The van der Waals surface area contributed by atoms with Gasteiger partial charge in [0.1, 0.15) is 5.82 Å². The maximum Gasteiger partial charge on any atom is 0.522 e. The molecule has 8 nitrogen and oxygen atoms in total. The summed E-state index contributed by atoms with van der Waals surface area (Å²) < 4.78 is 46.6. The fraction of sp³-hybridized carbons (Fsp3) is 0.688. The van der Waals surface area contributed by atoms with Crippen LogP contribution in [0, 0.1) is 5.92 Å². The molecule has 11 heteroatoms. The number of halogens is 3. The molecule has 3 rings (SSSR count). The number of rotatable bonds is 4. The number of carbonyl (C=O) groups is 2. The van der Waals surface area contributed by atoms with E-state index in [1.807, 2.05) is 0 Å². The van der Waals surface area contributed by atoms with Gasteiger partial charge in [-0.1, -0.05) is 0 Å². The van der Waals surface area contributed by atoms with E-state index in [4.69, 9.17) is 4.74 Å². The van der Waals surface area contributed by atoms with Crippen LogP contribution in [0.1, 0.15) is 24.5 Å². The van der Waals surface area contributed by atoms with Crippen molar-refractivity contribution in [1.82, 2.24) is 14.7 Å². The molecule has 27 heavy (non-hydrogen) atoms. The highest BCUT2D eigenvalue weighted by Crippen LogP contribution is 2.26. The average Bonchev–Trinajstić information content (AvgIpc) is 2.93. The Morgan fingerprint density at radius 1 is 1.41 bits per heavy atom. The summed E-state index contributed by atoms with van der Waals surface area (Å²) in [6.07, 6.45) is -2.81. The first-order chi connectivity index (χ1) is 12.7. The Hall–Kier alpha value is -2.14. The number of aryl methyl sites for hydroxylation is 1. The molecule has 0 aliphatic carbocycles. The molecule has 3 heterocycles. The molecule has 1 atom stereocenters. The Kier molecular flexibility index (Phi) is 5.70. The van der Waals surface area contributed by atoms with Crippen LogP contribution in [0.5, 0.6) is 0 Å². The first kappa shape index (κ1) is 19.6. The Bertz CT molecular complexity index is 694. The van der Waals surface area contributed by atoms with Crippen LogP contribution in [0.25, 0.3) is 0 Å². The quantitative estimate of drug-likeness (QED) is 0.782. The van der Waals surface area contributed by atoms with Gasteiger partial charge in [0, 0.05) is 44.6 Å². The van der Waals surface area contributed by atoms with Crippen LogP contribution in [0.15, 0.2) is 6.07 Å². The van der Waals surface area contributed by atoms with Crippen molar-refractivity contribution in [2.45, 2.75) is 25.1 Å². The van der Waals surface area contributed by atoms with E-state index >= 15 is 0 Å². The van der Waals surface area contributed by atoms with Gasteiger partial charge in [0.05, 0.1) is 18.9 Å². The van der Waals surface area contributed by atoms with E-state index in [1.165, 1.54) is 9.58 Å². The highest BCUT2D eigenvalue weighted by atomic mass is 19.4. The van der Waals surface area contributed by atoms with E-state index in [0.29, 0.717) is 12.4 Å². The molecule has 2 amide bonds. The number of amides is 2. The molecule has 2 fully saturated rings. The second-order valence-electron chi connectivity index (χ2n) is 6.78. The number of ether oxygens (including phenoxy) is 2. The third-order valence-corrected chi connectivity index (χ3v) is 4.64. The van der Waals surface area contributed by atoms with Gasteiger partial charge in [-0.3, -0.25) is 19.0 Å². The molecular weight excluding hydrogens is 369 g/mol. The fourth-order valence-corrected chi connectivity index (χ4v) is 3.15. The zero-order valence-corrected chi connectivity index (χ0v) is 14.8. The van der Waals surface area contributed by atoms with E-state index < -0.39 is 30.7 Å². The van der Waals surface area contributed by atoms with Crippen molar-refractivity contribution in [1.29, 1.82) is 0 Å². The fourth-order valence-electron chi connectivity index (χ4n) is 3.15. The molecule has 1 unspecified atom stereocenters. The first-order valence-electron chi connectivity index (χ1n) is 8.65. The first-order valence-corrected chi connectivity index (χ1v) is 8.65. The minimum absolute atomic E-state index is 0.0540. The summed E-state index contributed by atoms with van der Waals surface area (Å²) in [5.74, 6) is -1.54. The van der Waals surface area contributed by atoms with Gasteiger partial charge in [-0.15, -0.1) is 13.2 Å². The zero-order chi connectivity index (χ0) is 19.6. The molecule has 2 aliphatic rings. The molecule has 2 saturated heterocycles. The summed E-state index contributed by atoms with van der Waals surface area (Å²) in [6, 6.07) is 1.71. The van der Waals surface area contributed by atoms with Crippen LogP contribution in [-0.2, 0) is 26.1 Å². The van der Waals surface area contributed by atoms with Crippen molar-refractivity contribution in [3.8, 4) is 0 Å². The Morgan fingerprint density at radius 2 is 2.15 bits per heavy atom. The molecule has 0 bridgehead atoms. The second-order valence-corrected chi connectivity index (χ2v) is 6.78. The number of alkyl halides is 3. The summed E-state index contributed by atoms with van der Waals surface area (Å²) >= 11 is 0. The van der Waals surface area contributed by atoms with Crippen LogP contribution in [-0.4, -0.2) is 65.8 Å². The van der Waals surface area contributed by atoms with Crippen LogP contribution in [0.4, 0.5) is 19.0 Å². The number of aromatic nitrogens is 2. The lowest BCUT2D eigenvalue weighted by atomic mass is 9.99. The molecule has 1 N–H and O–H groups in total. The number of hydrogen-bond acceptors (Lipinski definition) is 5. The number of carbonyl (C=O) groups excluding carboxylic acids is 2. The SMILES string of the molecule is Cn1nc(C2CCCOC2)cc1NC(=O)C(=O)N1CC(COC(F)(F)F)C1. The van der Waals surface area contributed by atoms with E-state index in [9.17, 15) is 22.8 Å². The lowest BCUT2D eigenvalue weighted by Crippen LogP contribution is -2.55. The second kappa shape index (κ2) is 7.85. The van der Waals surface area contributed by atoms with Crippen molar-refractivity contribution in [3.05, 3.63) is 11.8 Å². The number of anilines is 1. The average molecular weight is 390 g/mol. The molecule has 0 aromatic carbocycles. The van der Waals surface area contributed by atoms with Gasteiger partial charge in [0.25, 0.3) is 0 Å². The minimum atomic E-state index is -4.69. The van der Waals surface area contributed by atoms with Gasteiger partial charge >= 0.3 is 18.2 Å². The van der Waals surface area contributed by atoms with Crippen LogP contribution in [0.3, 0.4) is 0 Å². The minimum Gasteiger partial charge on any atom is -0.381 e. The summed E-state index contributed by atoms with van der Waals surface area (Å²) in [5.41, 5.74) is 0.785. The van der Waals surface area contributed by atoms with Crippen LogP contribution >= 0.6 is 0 Å². The number of likely N-dealkylation sites (tertiary alicyclic amines) is 1. The topological polar surface area (TPSA) is 85.7 Å². The molecule has 0 spiro atoms. The van der Waals surface area contributed by atoms with E-state index in [0.717, 1.165) is 25.1 Å². The smallest absolute Gasteiger partial charge is 0.381 e. The van der Waals surface area contributed by atoms with Gasteiger partial charge < -0.3 is 15.0 Å². The van der Waals surface area contributed by atoms with Crippen molar-refractivity contribution in [3.63, 3.8) is 0 Å². The summed E-state index contributed by atoms with van der Waals surface area (Å²) in [4.78, 5) is 25.4. The predicted molar refractivity (Wildman–Crippen MR) is 86.7 cm³/mol. The van der Waals surface area contributed by atoms with Gasteiger partial charge in [-0.2, -0.15) is 5.10 Å². The van der Waals surface area contributed by atoms with Crippen molar-refractivity contribution in [2.24, 2.45) is 13.0 Å². The Labute approximate surface area is 153 Å². The van der Waals surface area contributed by atoms with Crippen molar-refractivity contribution >= 4 is 17.6 Å². The molecular formula is C16H21F3N4O4. The molecule has 0 saturated carbocycles. The third-order valence-electron chi connectivity index (χ3n) is 4.64. The number of hydrogen-bond donors (Lipinski definition) is 1. The maximum atomic E-state index is 12.1. The molecule has 150 valence electrons. The monoisotopic (exact) mass is 390 g/mol. The summed E-state index contributed by atoms with van der Waals surface area (Å²) in [5, 5.41) is 6.87. The van der Waals surface area contributed by atoms with Gasteiger partial charge in [0.2, 0.25) is 0 Å². The highest BCUT2D eigenvalue weighted by molar-refractivity contribution is 6.39.